The van der Waals surface area contributed by atoms with Gasteiger partial charge in [-0.3, -0.25) is 0 Å². The lowest BCUT2D eigenvalue weighted by Gasteiger charge is -2.22. The second-order valence-corrected chi connectivity index (χ2v) is 7.07. The molecule has 0 atom stereocenters. The molecule has 1 aromatic heterocycles. The van der Waals surface area contributed by atoms with E-state index in [1.807, 2.05) is 24.3 Å². The Morgan fingerprint density at radius 3 is 2.91 bits per heavy atom. The van der Waals surface area contributed by atoms with E-state index in [0.29, 0.717) is 11.5 Å². The second kappa shape index (κ2) is 7.79. The number of carbonyl (C=O) groups excluding carboxylic acids is 1. The van der Waals surface area contributed by atoms with Crippen molar-refractivity contribution in [3.63, 3.8) is 0 Å². The van der Waals surface area contributed by atoms with Crippen LogP contribution in [-0.4, -0.2) is 32.8 Å². The first-order chi connectivity index (χ1) is 11.3. The van der Waals surface area contributed by atoms with E-state index in [-0.39, 0.29) is 5.97 Å². The minimum Gasteiger partial charge on any atom is -0.497 e. The number of carbonyl (C=O) groups is 1. The normalized spacial score (nSPS) is 15.7. The number of piperidine rings is 1. The highest BCUT2D eigenvalue weighted by Crippen LogP contribution is 2.29. The standard InChI is InChI=1S/C18H23NO3S/c1-21-15-5-4-14-11-17(23-16(14)12-15)18(20)22-10-2-3-13-6-8-19-9-7-13/h4-5,11-13,19H,2-3,6-10H2,1H3. The maximum Gasteiger partial charge on any atom is 0.348 e. The van der Waals surface area contributed by atoms with Gasteiger partial charge in [0.15, 0.2) is 0 Å². The Morgan fingerprint density at radius 2 is 2.13 bits per heavy atom. The van der Waals surface area contributed by atoms with Crippen molar-refractivity contribution >= 4 is 27.4 Å². The largest absolute Gasteiger partial charge is 0.497 e. The Morgan fingerprint density at radius 1 is 1.30 bits per heavy atom. The molecule has 1 saturated heterocycles. The van der Waals surface area contributed by atoms with E-state index in [1.54, 1.807) is 7.11 Å². The van der Waals surface area contributed by atoms with Crippen LogP contribution in [0.25, 0.3) is 10.1 Å². The quantitative estimate of drug-likeness (QED) is 0.644. The van der Waals surface area contributed by atoms with Crippen LogP contribution in [0, 0.1) is 5.92 Å². The van der Waals surface area contributed by atoms with Crippen LogP contribution in [0.1, 0.15) is 35.4 Å². The lowest BCUT2D eigenvalue weighted by atomic mass is 9.93. The fourth-order valence-corrected chi connectivity index (χ4v) is 4.00. The lowest BCUT2D eigenvalue weighted by molar-refractivity contribution is 0.0497. The summed E-state index contributed by atoms with van der Waals surface area (Å²) in [5, 5.41) is 4.43. The fourth-order valence-electron chi connectivity index (χ4n) is 3.02. The van der Waals surface area contributed by atoms with Crippen molar-refractivity contribution in [1.82, 2.24) is 5.32 Å². The van der Waals surface area contributed by atoms with Crippen LogP contribution < -0.4 is 10.1 Å². The number of hydrogen-bond acceptors (Lipinski definition) is 5. The minimum absolute atomic E-state index is 0.213. The van der Waals surface area contributed by atoms with Gasteiger partial charge in [0.1, 0.15) is 10.6 Å². The molecule has 3 rings (SSSR count). The summed E-state index contributed by atoms with van der Waals surface area (Å²) >= 11 is 1.46. The Hall–Kier alpha value is -1.59. The number of benzene rings is 1. The zero-order valence-electron chi connectivity index (χ0n) is 13.5. The third-order valence-electron chi connectivity index (χ3n) is 4.38. The number of nitrogens with one attached hydrogen (secondary N) is 1. The van der Waals surface area contributed by atoms with Gasteiger partial charge in [-0.25, -0.2) is 4.79 Å². The molecule has 1 aromatic carbocycles. The molecular weight excluding hydrogens is 310 g/mol. The van der Waals surface area contributed by atoms with Gasteiger partial charge in [-0.2, -0.15) is 0 Å². The highest BCUT2D eigenvalue weighted by molar-refractivity contribution is 7.20. The molecule has 1 aliphatic rings. The highest BCUT2D eigenvalue weighted by atomic mass is 32.1. The molecule has 1 aliphatic heterocycles. The summed E-state index contributed by atoms with van der Waals surface area (Å²) in [5.74, 6) is 1.38. The molecule has 1 fully saturated rings. The molecule has 5 heteroatoms. The van der Waals surface area contributed by atoms with Crippen LogP contribution in [-0.2, 0) is 4.74 Å². The minimum atomic E-state index is -0.213. The molecule has 4 nitrogen and oxygen atoms in total. The van der Waals surface area contributed by atoms with Crippen molar-refractivity contribution in [1.29, 1.82) is 0 Å². The van der Waals surface area contributed by atoms with E-state index in [2.05, 4.69) is 5.32 Å². The van der Waals surface area contributed by atoms with Crippen molar-refractivity contribution in [2.75, 3.05) is 26.8 Å². The van der Waals surface area contributed by atoms with Gasteiger partial charge >= 0.3 is 5.97 Å². The van der Waals surface area contributed by atoms with Crippen molar-refractivity contribution in [2.24, 2.45) is 5.92 Å². The van der Waals surface area contributed by atoms with Crippen LogP contribution in [0.2, 0.25) is 0 Å². The molecular formula is C18H23NO3S. The second-order valence-electron chi connectivity index (χ2n) is 5.99. The van der Waals surface area contributed by atoms with E-state index in [1.165, 1.54) is 24.2 Å². The first-order valence-corrected chi connectivity index (χ1v) is 9.03. The summed E-state index contributed by atoms with van der Waals surface area (Å²) in [5.41, 5.74) is 0. The van der Waals surface area contributed by atoms with Gasteiger partial charge < -0.3 is 14.8 Å². The lowest BCUT2D eigenvalue weighted by Crippen LogP contribution is -2.27. The maximum absolute atomic E-state index is 12.2. The predicted molar refractivity (Wildman–Crippen MR) is 93.5 cm³/mol. The molecule has 2 aromatic rings. The Labute approximate surface area is 140 Å². The topological polar surface area (TPSA) is 47.6 Å². The monoisotopic (exact) mass is 333 g/mol. The van der Waals surface area contributed by atoms with Gasteiger partial charge in [0, 0.05) is 4.70 Å². The zero-order chi connectivity index (χ0) is 16.1. The van der Waals surface area contributed by atoms with Gasteiger partial charge in [0.2, 0.25) is 0 Å². The molecule has 0 radical (unpaired) electrons. The van der Waals surface area contributed by atoms with Crippen molar-refractivity contribution in [3.05, 3.63) is 29.1 Å². The number of rotatable bonds is 6. The van der Waals surface area contributed by atoms with Crippen LogP contribution in [0.5, 0.6) is 5.75 Å². The number of thiophene rings is 1. The zero-order valence-corrected chi connectivity index (χ0v) is 14.3. The number of ether oxygens (including phenoxy) is 2. The number of fused-ring (bicyclic) bond motifs is 1. The summed E-state index contributed by atoms with van der Waals surface area (Å²) in [7, 11) is 1.65. The van der Waals surface area contributed by atoms with Crippen molar-refractivity contribution in [2.45, 2.75) is 25.7 Å². The predicted octanol–water partition coefficient (Wildman–Crippen LogP) is 3.85. The van der Waals surface area contributed by atoms with E-state index in [9.17, 15) is 4.79 Å². The molecule has 0 aliphatic carbocycles. The highest BCUT2D eigenvalue weighted by Gasteiger charge is 2.14. The number of esters is 1. The average molecular weight is 333 g/mol. The molecule has 0 bridgehead atoms. The number of hydrogen-bond donors (Lipinski definition) is 1. The van der Waals surface area contributed by atoms with Crippen LogP contribution in [0.3, 0.4) is 0 Å². The first kappa shape index (κ1) is 16.3. The summed E-state index contributed by atoms with van der Waals surface area (Å²) in [6.07, 6.45) is 4.59. The summed E-state index contributed by atoms with van der Waals surface area (Å²) < 4.78 is 11.7. The number of methoxy groups -OCH3 is 1. The average Bonchev–Trinajstić information content (AvgIpc) is 3.02. The van der Waals surface area contributed by atoms with Gasteiger partial charge in [-0.15, -0.1) is 11.3 Å². The van der Waals surface area contributed by atoms with Crippen LogP contribution >= 0.6 is 11.3 Å². The summed E-state index contributed by atoms with van der Waals surface area (Å²) in [6.45, 7) is 2.76. The van der Waals surface area contributed by atoms with Gasteiger partial charge in [0.25, 0.3) is 0 Å². The van der Waals surface area contributed by atoms with E-state index >= 15 is 0 Å². The Kier molecular flexibility index (Phi) is 5.51. The molecule has 0 amide bonds. The third kappa shape index (κ3) is 4.24. The first-order valence-electron chi connectivity index (χ1n) is 8.21. The van der Waals surface area contributed by atoms with Crippen molar-refractivity contribution in [3.8, 4) is 5.75 Å². The molecule has 124 valence electrons. The summed E-state index contributed by atoms with van der Waals surface area (Å²) in [4.78, 5) is 12.8. The fraction of sp³-hybridized carbons (Fsp3) is 0.500. The third-order valence-corrected chi connectivity index (χ3v) is 5.45. The molecule has 0 saturated carbocycles. The molecule has 23 heavy (non-hydrogen) atoms. The maximum atomic E-state index is 12.2. The molecule has 2 heterocycles. The van der Waals surface area contributed by atoms with Gasteiger partial charge in [-0.05, 0) is 74.3 Å². The van der Waals surface area contributed by atoms with E-state index in [0.717, 1.165) is 47.7 Å². The van der Waals surface area contributed by atoms with E-state index < -0.39 is 0 Å². The van der Waals surface area contributed by atoms with E-state index in [4.69, 9.17) is 9.47 Å². The SMILES string of the molecule is COc1ccc2cc(C(=O)OCCCC3CCNCC3)sc2c1. The molecule has 1 N–H and O–H groups in total. The molecule has 0 unspecified atom stereocenters. The summed E-state index contributed by atoms with van der Waals surface area (Å²) in [6, 6.07) is 7.73. The Balaban J connectivity index is 1.49. The Bertz CT molecular complexity index is 661. The van der Waals surface area contributed by atoms with Gasteiger partial charge in [0.05, 0.1) is 13.7 Å². The smallest absolute Gasteiger partial charge is 0.348 e. The molecule has 0 spiro atoms. The van der Waals surface area contributed by atoms with Crippen molar-refractivity contribution < 1.29 is 14.3 Å². The van der Waals surface area contributed by atoms with Gasteiger partial charge in [-0.1, -0.05) is 0 Å². The van der Waals surface area contributed by atoms with Crippen LogP contribution in [0.4, 0.5) is 0 Å². The van der Waals surface area contributed by atoms with Crippen LogP contribution in [0.15, 0.2) is 24.3 Å².